The van der Waals surface area contributed by atoms with Gasteiger partial charge in [0.25, 0.3) is 0 Å². The molecule has 1 aromatic carbocycles. The molecule has 0 saturated carbocycles. The largest absolute Gasteiger partial charge is 0.386 e. The van der Waals surface area contributed by atoms with Crippen molar-refractivity contribution in [1.82, 2.24) is 5.32 Å². The summed E-state index contributed by atoms with van der Waals surface area (Å²) in [7, 11) is 0. The zero-order valence-electron chi connectivity index (χ0n) is 12.3. The van der Waals surface area contributed by atoms with E-state index in [0.29, 0.717) is 5.92 Å². The lowest BCUT2D eigenvalue weighted by Crippen LogP contribution is -2.38. The molecule has 1 heterocycles. The molecule has 2 N–H and O–H groups in total. The summed E-state index contributed by atoms with van der Waals surface area (Å²) < 4.78 is 0. The van der Waals surface area contributed by atoms with Crippen molar-refractivity contribution in [3.05, 3.63) is 57.8 Å². The van der Waals surface area contributed by atoms with Gasteiger partial charge in [0, 0.05) is 17.5 Å². The van der Waals surface area contributed by atoms with Gasteiger partial charge in [-0.2, -0.15) is 0 Å². The highest BCUT2D eigenvalue weighted by atomic mass is 32.1. The van der Waals surface area contributed by atoms with Crippen molar-refractivity contribution in [1.29, 1.82) is 0 Å². The van der Waals surface area contributed by atoms with Crippen LogP contribution in [0.1, 0.15) is 36.0 Å². The van der Waals surface area contributed by atoms with Crippen LogP contribution in [0.5, 0.6) is 0 Å². The standard InChI is InChI=1S/C17H23NOS/c1-12(2)16(17(19)15-5-4-10-20-15)18-11-14-8-6-13(3)7-9-14/h4-10,12,16-19H,11H2,1-3H3. The van der Waals surface area contributed by atoms with Gasteiger partial charge in [-0.25, -0.2) is 0 Å². The van der Waals surface area contributed by atoms with Crippen LogP contribution in [0.25, 0.3) is 0 Å². The van der Waals surface area contributed by atoms with Gasteiger partial charge in [-0.05, 0) is 29.9 Å². The second-order valence-corrected chi connectivity index (χ2v) is 6.58. The maximum Gasteiger partial charge on any atom is 0.104 e. The van der Waals surface area contributed by atoms with Crippen LogP contribution in [-0.4, -0.2) is 11.1 Å². The Labute approximate surface area is 125 Å². The molecule has 3 heteroatoms. The number of hydrogen-bond acceptors (Lipinski definition) is 3. The van der Waals surface area contributed by atoms with Crippen molar-refractivity contribution < 1.29 is 5.11 Å². The van der Waals surface area contributed by atoms with Gasteiger partial charge in [-0.1, -0.05) is 49.7 Å². The van der Waals surface area contributed by atoms with Gasteiger partial charge in [-0.3, -0.25) is 0 Å². The van der Waals surface area contributed by atoms with Crippen molar-refractivity contribution in [2.45, 2.75) is 39.5 Å². The normalized spacial score (nSPS) is 14.4. The molecule has 0 radical (unpaired) electrons. The molecule has 108 valence electrons. The molecule has 0 aliphatic carbocycles. The van der Waals surface area contributed by atoms with E-state index in [9.17, 15) is 5.11 Å². The zero-order chi connectivity index (χ0) is 14.5. The third kappa shape index (κ3) is 3.92. The molecule has 1 aromatic heterocycles. The predicted molar refractivity (Wildman–Crippen MR) is 85.9 cm³/mol. The summed E-state index contributed by atoms with van der Waals surface area (Å²) in [5, 5.41) is 16.0. The van der Waals surface area contributed by atoms with Gasteiger partial charge in [-0.15, -0.1) is 11.3 Å². The summed E-state index contributed by atoms with van der Waals surface area (Å²) in [4.78, 5) is 1.03. The first-order valence-electron chi connectivity index (χ1n) is 7.08. The van der Waals surface area contributed by atoms with Gasteiger partial charge in [0.1, 0.15) is 6.10 Å². The third-order valence-electron chi connectivity index (χ3n) is 3.56. The molecule has 0 aliphatic rings. The minimum atomic E-state index is -0.444. The molecule has 2 unspecified atom stereocenters. The van der Waals surface area contributed by atoms with Crippen LogP contribution < -0.4 is 5.32 Å². The average molecular weight is 289 g/mol. The van der Waals surface area contributed by atoms with Gasteiger partial charge in [0.2, 0.25) is 0 Å². The first-order chi connectivity index (χ1) is 9.58. The van der Waals surface area contributed by atoms with E-state index in [1.807, 2.05) is 17.5 Å². The van der Waals surface area contributed by atoms with Gasteiger partial charge < -0.3 is 10.4 Å². The molecule has 0 fully saturated rings. The molecule has 2 rings (SSSR count). The molecule has 2 nitrogen and oxygen atoms in total. The van der Waals surface area contributed by atoms with Crippen molar-refractivity contribution >= 4 is 11.3 Å². The summed E-state index contributed by atoms with van der Waals surface area (Å²) in [5.74, 6) is 0.373. The Morgan fingerprint density at radius 3 is 2.40 bits per heavy atom. The van der Waals surface area contributed by atoms with Gasteiger partial charge >= 0.3 is 0 Å². The zero-order valence-corrected chi connectivity index (χ0v) is 13.2. The highest BCUT2D eigenvalue weighted by Gasteiger charge is 2.24. The van der Waals surface area contributed by atoms with E-state index in [1.54, 1.807) is 11.3 Å². The average Bonchev–Trinajstić information content (AvgIpc) is 2.94. The predicted octanol–water partition coefficient (Wildman–Crippen LogP) is 3.90. The quantitative estimate of drug-likeness (QED) is 0.845. The maximum absolute atomic E-state index is 10.5. The molecule has 0 bridgehead atoms. The summed E-state index contributed by atoms with van der Waals surface area (Å²) in [6.45, 7) is 7.16. The molecule has 20 heavy (non-hydrogen) atoms. The van der Waals surface area contributed by atoms with E-state index in [2.05, 4.69) is 50.4 Å². The van der Waals surface area contributed by atoms with E-state index in [-0.39, 0.29) is 6.04 Å². The Morgan fingerprint density at radius 2 is 1.85 bits per heavy atom. The van der Waals surface area contributed by atoms with Crippen LogP contribution in [0.15, 0.2) is 41.8 Å². The molecule has 0 spiro atoms. The molecule has 2 aromatic rings. The summed E-state index contributed by atoms with van der Waals surface area (Å²) in [5.41, 5.74) is 2.52. The summed E-state index contributed by atoms with van der Waals surface area (Å²) in [6, 6.07) is 12.6. The summed E-state index contributed by atoms with van der Waals surface area (Å²) in [6.07, 6.45) is -0.444. The van der Waals surface area contributed by atoms with Gasteiger partial charge in [0.05, 0.1) is 0 Å². The fourth-order valence-corrected chi connectivity index (χ4v) is 3.05. The number of rotatable bonds is 6. The minimum Gasteiger partial charge on any atom is -0.386 e. The molecular weight excluding hydrogens is 266 g/mol. The number of nitrogens with one attached hydrogen (secondary N) is 1. The van der Waals surface area contributed by atoms with Crippen molar-refractivity contribution in [3.8, 4) is 0 Å². The Kier molecular flexibility index (Phi) is 5.35. The molecule has 2 atom stereocenters. The van der Waals surface area contributed by atoms with Crippen LogP contribution in [0.4, 0.5) is 0 Å². The number of aliphatic hydroxyl groups is 1. The van der Waals surface area contributed by atoms with Crippen LogP contribution >= 0.6 is 11.3 Å². The third-order valence-corrected chi connectivity index (χ3v) is 4.50. The van der Waals surface area contributed by atoms with E-state index in [1.165, 1.54) is 11.1 Å². The Hall–Kier alpha value is -1.16. The second-order valence-electron chi connectivity index (χ2n) is 5.60. The highest BCUT2D eigenvalue weighted by molar-refractivity contribution is 7.10. The van der Waals surface area contributed by atoms with E-state index < -0.39 is 6.10 Å². The number of aliphatic hydroxyl groups excluding tert-OH is 1. The van der Waals surface area contributed by atoms with E-state index in [4.69, 9.17) is 0 Å². The van der Waals surface area contributed by atoms with Gasteiger partial charge in [0.15, 0.2) is 0 Å². The topological polar surface area (TPSA) is 32.3 Å². The first-order valence-corrected chi connectivity index (χ1v) is 7.96. The van der Waals surface area contributed by atoms with Crippen LogP contribution in [0.2, 0.25) is 0 Å². The van der Waals surface area contributed by atoms with Crippen molar-refractivity contribution in [3.63, 3.8) is 0 Å². The lowest BCUT2D eigenvalue weighted by molar-refractivity contribution is 0.107. The SMILES string of the molecule is Cc1ccc(CNC(C(C)C)C(O)c2cccs2)cc1. The number of benzene rings is 1. The van der Waals surface area contributed by atoms with Crippen LogP contribution in [0, 0.1) is 12.8 Å². The Balaban J connectivity index is 2.01. The van der Waals surface area contributed by atoms with E-state index >= 15 is 0 Å². The van der Waals surface area contributed by atoms with E-state index in [0.717, 1.165) is 11.4 Å². The monoisotopic (exact) mass is 289 g/mol. The maximum atomic E-state index is 10.5. The first kappa shape index (κ1) is 15.2. The molecule has 0 aliphatic heterocycles. The lowest BCUT2D eigenvalue weighted by Gasteiger charge is -2.27. The number of hydrogen-bond donors (Lipinski definition) is 2. The number of thiophene rings is 1. The van der Waals surface area contributed by atoms with Crippen LogP contribution in [-0.2, 0) is 6.54 Å². The number of aryl methyl sites for hydroxylation is 1. The second kappa shape index (κ2) is 7.02. The molecule has 0 saturated heterocycles. The minimum absolute atomic E-state index is 0.0648. The van der Waals surface area contributed by atoms with Crippen LogP contribution in [0.3, 0.4) is 0 Å². The Morgan fingerprint density at radius 1 is 1.15 bits per heavy atom. The molecular formula is C17H23NOS. The summed E-state index contributed by atoms with van der Waals surface area (Å²) >= 11 is 1.61. The fourth-order valence-electron chi connectivity index (χ4n) is 2.29. The Bertz CT molecular complexity index is 504. The smallest absolute Gasteiger partial charge is 0.104 e. The highest BCUT2D eigenvalue weighted by Crippen LogP contribution is 2.25. The van der Waals surface area contributed by atoms with Crippen molar-refractivity contribution in [2.75, 3.05) is 0 Å². The van der Waals surface area contributed by atoms with Crippen molar-refractivity contribution in [2.24, 2.45) is 5.92 Å². The fraction of sp³-hybridized carbons (Fsp3) is 0.412. The lowest BCUT2D eigenvalue weighted by atomic mass is 9.97. The molecule has 0 amide bonds.